The molecule has 0 saturated heterocycles. The predicted molar refractivity (Wildman–Crippen MR) is 145 cm³/mol. The number of benzene rings is 3. The molecule has 1 aromatic heterocycles. The maximum Gasteiger partial charge on any atom is 0.337 e. The molecule has 0 saturated carbocycles. The van der Waals surface area contributed by atoms with Crippen LogP contribution in [0.1, 0.15) is 27.1 Å². The number of nitrogens with one attached hydrogen (secondary N) is 1. The molecule has 0 bridgehead atoms. The summed E-state index contributed by atoms with van der Waals surface area (Å²) in [4.78, 5) is 25.3. The lowest BCUT2D eigenvalue weighted by Crippen LogP contribution is -2.31. The van der Waals surface area contributed by atoms with Crippen LogP contribution in [0.3, 0.4) is 0 Å². The number of ether oxygens (including phenoxy) is 1. The number of carbonyl (C=O) groups is 2. The van der Waals surface area contributed by atoms with Gasteiger partial charge in [-0.25, -0.2) is 17.6 Å². The van der Waals surface area contributed by atoms with Crippen molar-refractivity contribution in [3.63, 3.8) is 0 Å². The number of fused-ring (bicyclic) bond motifs is 1. The van der Waals surface area contributed by atoms with E-state index in [0.29, 0.717) is 22.1 Å². The number of methoxy groups -OCH3 is 1. The van der Waals surface area contributed by atoms with Crippen molar-refractivity contribution in [1.82, 2.24) is 5.32 Å². The summed E-state index contributed by atoms with van der Waals surface area (Å²) in [7, 11) is -1.19. The number of esters is 1. The Morgan fingerprint density at radius 3 is 2.38 bits per heavy atom. The number of carbonyl (C=O) groups excluding carboxylic acids is 2. The van der Waals surface area contributed by atoms with Gasteiger partial charge in [0.15, 0.2) is 0 Å². The second-order valence-corrected chi connectivity index (χ2v) is 10.6. The van der Waals surface area contributed by atoms with Crippen molar-refractivity contribution < 1.29 is 35.9 Å². The topological polar surface area (TPSA) is 106 Å². The first-order valence-electron chi connectivity index (χ1n) is 11.9. The number of hydrogen-bond donors (Lipinski definition) is 1. The third-order valence-electron chi connectivity index (χ3n) is 6.13. The number of rotatable bonds is 9. The maximum atomic E-state index is 13.6. The molecule has 0 aliphatic carbocycles. The maximum absolute atomic E-state index is 13.6. The van der Waals surface area contributed by atoms with Crippen LogP contribution in [0.5, 0.6) is 0 Å². The van der Waals surface area contributed by atoms with Crippen LogP contribution in [-0.4, -0.2) is 53.9 Å². The molecule has 39 heavy (non-hydrogen) atoms. The van der Waals surface area contributed by atoms with Crippen molar-refractivity contribution in [3.05, 3.63) is 77.6 Å². The Balaban J connectivity index is 2.09. The van der Waals surface area contributed by atoms with Crippen molar-refractivity contribution in [3.8, 4) is 22.5 Å². The van der Waals surface area contributed by atoms with Crippen LogP contribution in [0.25, 0.3) is 33.4 Å². The fourth-order valence-corrected chi connectivity index (χ4v) is 5.29. The Morgan fingerprint density at radius 1 is 1.05 bits per heavy atom. The van der Waals surface area contributed by atoms with Gasteiger partial charge in [-0.1, -0.05) is 12.1 Å². The summed E-state index contributed by atoms with van der Waals surface area (Å²) in [6, 6.07) is 14.8. The van der Waals surface area contributed by atoms with Gasteiger partial charge in [-0.05, 0) is 54.4 Å². The molecule has 3 aromatic carbocycles. The Labute approximate surface area is 224 Å². The molecule has 4 rings (SSSR count). The van der Waals surface area contributed by atoms with Gasteiger partial charge in [0.2, 0.25) is 10.0 Å². The minimum atomic E-state index is -3.89. The van der Waals surface area contributed by atoms with Gasteiger partial charge in [-0.15, -0.1) is 0 Å². The fourth-order valence-electron chi connectivity index (χ4n) is 4.32. The molecule has 0 fully saturated rings. The molecule has 0 radical (unpaired) electrons. The van der Waals surface area contributed by atoms with E-state index in [0.717, 1.165) is 10.6 Å². The molecule has 0 unspecified atom stereocenters. The normalized spacial score (nSPS) is 11.4. The zero-order valence-electron chi connectivity index (χ0n) is 21.5. The summed E-state index contributed by atoms with van der Waals surface area (Å²) in [6.45, 7) is -0.893. The van der Waals surface area contributed by atoms with E-state index in [2.05, 4.69) is 5.32 Å². The molecule has 8 nitrogen and oxygen atoms in total. The summed E-state index contributed by atoms with van der Waals surface area (Å²) >= 11 is 0. The van der Waals surface area contributed by atoms with Crippen LogP contribution in [0.4, 0.5) is 14.5 Å². The fraction of sp³-hybridized carbons (Fsp3) is 0.214. The highest BCUT2D eigenvalue weighted by molar-refractivity contribution is 7.92. The number of furan rings is 1. The lowest BCUT2D eigenvalue weighted by molar-refractivity contribution is 0.0600. The molecule has 1 amide bonds. The van der Waals surface area contributed by atoms with Gasteiger partial charge in [0, 0.05) is 36.2 Å². The SMILES string of the molecule is CNC(=O)c1c(-c2ccc(F)cc2)oc2cc(N(CCCF)S(C)(=O)=O)c(-c3cccc(C(=O)OC)c3)cc12. The highest BCUT2D eigenvalue weighted by Gasteiger charge is 2.27. The van der Waals surface area contributed by atoms with E-state index in [9.17, 15) is 26.8 Å². The van der Waals surface area contributed by atoms with Crippen LogP contribution in [0.15, 0.2) is 65.1 Å². The van der Waals surface area contributed by atoms with E-state index in [1.807, 2.05) is 0 Å². The number of alkyl halides is 1. The lowest BCUT2D eigenvalue weighted by Gasteiger charge is -2.25. The van der Waals surface area contributed by atoms with Crippen molar-refractivity contribution >= 4 is 38.6 Å². The third-order valence-corrected chi connectivity index (χ3v) is 7.31. The summed E-state index contributed by atoms with van der Waals surface area (Å²) in [5.41, 5.74) is 1.98. The molecule has 1 heterocycles. The van der Waals surface area contributed by atoms with Crippen molar-refractivity contribution in [2.75, 3.05) is 37.9 Å². The van der Waals surface area contributed by atoms with E-state index < -0.39 is 34.4 Å². The van der Waals surface area contributed by atoms with Crippen molar-refractivity contribution in [2.45, 2.75) is 6.42 Å². The Hall–Kier alpha value is -4.25. The molecule has 0 spiro atoms. The second-order valence-electron chi connectivity index (χ2n) is 8.71. The van der Waals surface area contributed by atoms with Gasteiger partial charge in [-0.3, -0.25) is 13.5 Å². The predicted octanol–water partition coefficient (Wildman–Crippen LogP) is 5.18. The monoisotopic (exact) mass is 556 g/mol. The van der Waals surface area contributed by atoms with E-state index in [-0.39, 0.29) is 41.1 Å². The summed E-state index contributed by atoms with van der Waals surface area (Å²) < 4.78 is 64.4. The van der Waals surface area contributed by atoms with Crippen LogP contribution in [0, 0.1) is 5.82 Å². The molecule has 0 atom stereocenters. The Morgan fingerprint density at radius 2 is 1.77 bits per heavy atom. The molecule has 204 valence electrons. The highest BCUT2D eigenvalue weighted by atomic mass is 32.2. The van der Waals surface area contributed by atoms with Gasteiger partial charge >= 0.3 is 5.97 Å². The Kier molecular flexibility index (Phi) is 8.01. The van der Waals surface area contributed by atoms with Gasteiger partial charge in [0.1, 0.15) is 17.2 Å². The summed E-state index contributed by atoms with van der Waals surface area (Å²) in [6.07, 6.45) is 0.946. The minimum absolute atomic E-state index is 0.0603. The molecule has 0 aliphatic rings. The van der Waals surface area contributed by atoms with Crippen molar-refractivity contribution in [1.29, 1.82) is 0 Å². The average Bonchev–Trinajstić information content (AvgIpc) is 3.30. The second kappa shape index (κ2) is 11.2. The number of halogens is 2. The van der Waals surface area contributed by atoms with Crippen LogP contribution in [-0.2, 0) is 14.8 Å². The van der Waals surface area contributed by atoms with E-state index in [1.165, 1.54) is 50.6 Å². The third kappa shape index (κ3) is 5.63. The standard InChI is InChI=1S/C28H26F2N2O6S/c1-31-27(33)25-22-15-21(18-6-4-7-19(14-18)28(34)37-2)23(32(13-5-12-29)39(3,35)36)16-24(22)38-26(25)17-8-10-20(30)11-9-17/h4,6-11,14-16H,5,12-13H2,1-3H3,(H,31,33). The van der Waals surface area contributed by atoms with Gasteiger partial charge < -0.3 is 14.5 Å². The van der Waals surface area contributed by atoms with Crippen LogP contribution in [0.2, 0.25) is 0 Å². The van der Waals surface area contributed by atoms with E-state index in [4.69, 9.17) is 9.15 Å². The summed E-state index contributed by atoms with van der Waals surface area (Å²) in [5.74, 6) is -1.38. The van der Waals surface area contributed by atoms with Crippen molar-refractivity contribution in [2.24, 2.45) is 0 Å². The van der Waals surface area contributed by atoms with Gasteiger partial charge in [0.25, 0.3) is 5.91 Å². The van der Waals surface area contributed by atoms with E-state index in [1.54, 1.807) is 24.3 Å². The van der Waals surface area contributed by atoms with Crippen LogP contribution >= 0.6 is 0 Å². The van der Waals surface area contributed by atoms with Gasteiger partial charge in [0.05, 0.1) is 36.9 Å². The molecular formula is C28H26F2N2O6S. The largest absolute Gasteiger partial charge is 0.465 e. The number of amides is 1. The average molecular weight is 557 g/mol. The zero-order chi connectivity index (χ0) is 28.3. The van der Waals surface area contributed by atoms with Gasteiger partial charge in [-0.2, -0.15) is 0 Å². The van der Waals surface area contributed by atoms with E-state index >= 15 is 0 Å². The molecule has 11 heteroatoms. The molecule has 4 aromatic rings. The first-order chi connectivity index (χ1) is 18.6. The lowest BCUT2D eigenvalue weighted by atomic mass is 9.97. The number of hydrogen-bond acceptors (Lipinski definition) is 6. The number of sulfonamides is 1. The quantitative estimate of drug-likeness (QED) is 0.285. The molecule has 0 aliphatic heterocycles. The Bertz CT molecular complexity index is 1650. The highest BCUT2D eigenvalue weighted by Crippen LogP contribution is 2.42. The summed E-state index contributed by atoms with van der Waals surface area (Å²) in [5, 5.41) is 2.94. The number of anilines is 1. The smallest absolute Gasteiger partial charge is 0.337 e. The van der Waals surface area contributed by atoms with Crippen LogP contribution < -0.4 is 9.62 Å². The first kappa shape index (κ1) is 27.8. The zero-order valence-corrected chi connectivity index (χ0v) is 22.3. The first-order valence-corrected chi connectivity index (χ1v) is 13.7. The molecular weight excluding hydrogens is 530 g/mol. The molecule has 1 N–H and O–H groups in total. The number of nitrogens with zero attached hydrogens (tertiary/aromatic N) is 1. The minimum Gasteiger partial charge on any atom is -0.465 e.